The van der Waals surface area contributed by atoms with Crippen molar-refractivity contribution in [1.82, 2.24) is 15.0 Å². The van der Waals surface area contributed by atoms with Crippen molar-refractivity contribution in [3.63, 3.8) is 0 Å². The van der Waals surface area contributed by atoms with Crippen LogP contribution >= 0.6 is 11.3 Å². The highest BCUT2D eigenvalue weighted by Gasteiger charge is 2.25. The lowest BCUT2D eigenvalue weighted by molar-refractivity contribution is 0.229. The van der Waals surface area contributed by atoms with Crippen molar-refractivity contribution in [2.45, 2.75) is 39.2 Å². The number of anilines is 3. The van der Waals surface area contributed by atoms with Gasteiger partial charge in [0.1, 0.15) is 10.8 Å². The number of pyridine rings is 2. The van der Waals surface area contributed by atoms with Gasteiger partial charge >= 0.3 is 0 Å². The van der Waals surface area contributed by atoms with Crippen LogP contribution in [0.3, 0.4) is 0 Å². The first-order valence-corrected chi connectivity index (χ1v) is 12.3. The van der Waals surface area contributed by atoms with Gasteiger partial charge in [0.05, 0.1) is 15.8 Å². The van der Waals surface area contributed by atoms with Crippen molar-refractivity contribution < 1.29 is 10.2 Å². The van der Waals surface area contributed by atoms with Crippen LogP contribution in [0.2, 0.25) is 0 Å². The van der Waals surface area contributed by atoms with Gasteiger partial charge in [-0.2, -0.15) is 0 Å². The van der Waals surface area contributed by atoms with E-state index in [1.165, 1.54) is 4.70 Å². The van der Waals surface area contributed by atoms with Crippen LogP contribution < -0.4 is 10.6 Å². The van der Waals surface area contributed by atoms with E-state index in [1.54, 1.807) is 11.3 Å². The summed E-state index contributed by atoms with van der Waals surface area (Å²) >= 11 is 1.68. The van der Waals surface area contributed by atoms with Crippen LogP contribution in [0.1, 0.15) is 30.7 Å². The Balaban J connectivity index is 0.00000133. The van der Waals surface area contributed by atoms with Gasteiger partial charge in [-0.3, -0.25) is 4.98 Å². The molecular weight excluding hydrogens is 446 g/mol. The van der Waals surface area contributed by atoms with Crippen molar-refractivity contribution in [3.8, 4) is 10.6 Å². The summed E-state index contributed by atoms with van der Waals surface area (Å²) in [6.45, 7) is 4.24. The first-order chi connectivity index (χ1) is 16.6. The van der Waals surface area contributed by atoms with Crippen LogP contribution in [0.15, 0.2) is 48.7 Å². The molecule has 3 aromatic heterocycles. The van der Waals surface area contributed by atoms with Crippen molar-refractivity contribution >= 4 is 38.7 Å². The van der Waals surface area contributed by atoms with E-state index in [0.29, 0.717) is 12.0 Å². The zero-order valence-corrected chi connectivity index (χ0v) is 20.6. The average Bonchev–Trinajstić information content (AvgIpc) is 3.46. The molecular formula is C26H31N5O2S. The highest BCUT2D eigenvalue weighted by atomic mass is 32.1. The SMILES string of the molecule is CO.Cc1cc(Nc2cc(NC3CCC(CO)C3)c(-c3nc4ccccc4s3)cn2)cc(C)n1. The molecule has 0 spiro atoms. The zero-order valence-electron chi connectivity index (χ0n) is 19.7. The number of hydrogen-bond donors (Lipinski definition) is 4. The van der Waals surface area contributed by atoms with Gasteiger partial charge in [-0.25, -0.2) is 9.97 Å². The number of aliphatic hydroxyl groups excluding tert-OH is 2. The molecule has 1 aliphatic rings. The maximum absolute atomic E-state index is 9.55. The summed E-state index contributed by atoms with van der Waals surface area (Å²) in [5.41, 5.74) is 5.95. The molecule has 0 bridgehead atoms. The maximum atomic E-state index is 9.55. The second-order valence-electron chi connectivity index (χ2n) is 8.57. The molecule has 0 aliphatic heterocycles. The second kappa shape index (κ2) is 10.9. The monoisotopic (exact) mass is 477 g/mol. The predicted molar refractivity (Wildman–Crippen MR) is 140 cm³/mol. The summed E-state index contributed by atoms with van der Waals surface area (Å²) in [6, 6.07) is 14.6. The highest BCUT2D eigenvalue weighted by Crippen LogP contribution is 2.37. The molecule has 178 valence electrons. The third-order valence-electron chi connectivity index (χ3n) is 5.94. The zero-order chi connectivity index (χ0) is 24.1. The van der Waals surface area contributed by atoms with E-state index >= 15 is 0 Å². The third-order valence-corrected chi connectivity index (χ3v) is 7.01. The molecule has 0 saturated heterocycles. The van der Waals surface area contributed by atoms with E-state index in [2.05, 4.69) is 27.8 Å². The highest BCUT2D eigenvalue weighted by molar-refractivity contribution is 7.21. The van der Waals surface area contributed by atoms with E-state index in [9.17, 15) is 5.11 Å². The molecule has 4 aromatic rings. The lowest BCUT2D eigenvalue weighted by Crippen LogP contribution is -2.17. The number of nitrogens with one attached hydrogen (secondary N) is 2. The van der Waals surface area contributed by atoms with Crippen molar-refractivity contribution in [3.05, 3.63) is 60.0 Å². The van der Waals surface area contributed by atoms with Gasteiger partial charge in [-0.15, -0.1) is 11.3 Å². The van der Waals surface area contributed by atoms with Crippen LogP contribution in [-0.4, -0.2) is 44.9 Å². The fourth-order valence-electron chi connectivity index (χ4n) is 4.45. The minimum atomic E-state index is 0.257. The predicted octanol–water partition coefficient (Wildman–Crippen LogP) is 5.30. The smallest absolute Gasteiger partial charge is 0.132 e. The molecule has 2 unspecified atom stereocenters. The van der Waals surface area contributed by atoms with Gasteiger partial charge in [0, 0.05) is 54.8 Å². The summed E-state index contributed by atoms with van der Waals surface area (Å²) in [5, 5.41) is 24.7. The Morgan fingerprint density at radius 3 is 2.50 bits per heavy atom. The molecule has 2 atom stereocenters. The number of nitrogens with zero attached hydrogens (tertiary/aromatic N) is 3. The molecule has 1 fully saturated rings. The van der Waals surface area contributed by atoms with Crippen LogP contribution in [0.4, 0.5) is 17.2 Å². The summed E-state index contributed by atoms with van der Waals surface area (Å²) in [5.74, 6) is 1.15. The first kappa shape index (κ1) is 24.1. The number of para-hydroxylation sites is 1. The summed E-state index contributed by atoms with van der Waals surface area (Å²) < 4.78 is 1.17. The average molecular weight is 478 g/mol. The molecule has 0 amide bonds. The number of rotatable bonds is 6. The molecule has 4 N–H and O–H groups in total. The number of aromatic nitrogens is 3. The topological polar surface area (TPSA) is 103 Å². The van der Waals surface area contributed by atoms with Crippen molar-refractivity contribution in [2.75, 3.05) is 24.4 Å². The number of benzene rings is 1. The Bertz CT molecular complexity index is 1210. The number of hydrogen-bond acceptors (Lipinski definition) is 8. The molecule has 1 aromatic carbocycles. The Hall–Kier alpha value is -3.07. The number of aliphatic hydroxyl groups is 2. The van der Waals surface area contributed by atoms with Gasteiger partial charge in [0.15, 0.2) is 0 Å². The van der Waals surface area contributed by atoms with E-state index in [4.69, 9.17) is 15.1 Å². The number of thiazole rings is 1. The second-order valence-corrected chi connectivity index (χ2v) is 9.60. The lowest BCUT2D eigenvalue weighted by atomic mass is 10.1. The van der Waals surface area contributed by atoms with Crippen molar-refractivity contribution in [2.24, 2.45) is 5.92 Å². The molecule has 8 heteroatoms. The van der Waals surface area contributed by atoms with E-state index < -0.39 is 0 Å². The minimum absolute atomic E-state index is 0.257. The number of fused-ring (bicyclic) bond motifs is 1. The Kier molecular flexibility index (Phi) is 7.72. The largest absolute Gasteiger partial charge is 0.400 e. The van der Waals surface area contributed by atoms with E-state index in [0.717, 1.165) is 71.0 Å². The van der Waals surface area contributed by atoms with Gasteiger partial charge in [-0.1, -0.05) is 12.1 Å². The molecule has 34 heavy (non-hydrogen) atoms. The summed E-state index contributed by atoms with van der Waals surface area (Å²) in [4.78, 5) is 14.0. The fraction of sp³-hybridized carbons (Fsp3) is 0.346. The summed E-state index contributed by atoms with van der Waals surface area (Å²) in [7, 11) is 1.00. The standard InChI is InChI=1S/C25H27N5OS.CH4O/c1-15-9-19(10-16(2)27-15)29-24-12-22(28-18-8-7-17(11-18)14-31)20(13-26-24)25-30-21-5-3-4-6-23(21)32-25;1-2/h3-6,9-10,12-13,17-18,31H,7-8,11,14H2,1-2H3,(H2,26,27,28,29);2H,1H3. The van der Waals surface area contributed by atoms with Crippen LogP contribution in [-0.2, 0) is 0 Å². The van der Waals surface area contributed by atoms with Crippen LogP contribution in [0.5, 0.6) is 0 Å². The van der Waals surface area contributed by atoms with Gasteiger partial charge in [0.25, 0.3) is 0 Å². The molecule has 1 saturated carbocycles. The maximum Gasteiger partial charge on any atom is 0.132 e. The molecule has 0 radical (unpaired) electrons. The third kappa shape index (κ3) is 5.52. The van der Waals surface area contributed by atoms with Crippen molar-refractivity contribution in [1.29, 1.82) is 0 Å². The van der Waals surface area contributed by atoms with Crippen LogP contribution in [0.25, 0.3) is 20.8 Å². The molecule has 3 heterocycles. The quantitative estimate of drug-likeness (QED) is 0.299. The molecule has 7 nitrogen and oxygen atoms in total. The minimum Gasteiger partial charge on any atom is -0.400 e. The van der Waals surface area contributed by atoms with E-state index in [-0.39, 0.29) is 6.61 Å². The fourth-order valence-corrected chi connectivity index (χ4v) is 5.44. The van der Waals surface area contributed by atoms with Gasteiger partial charge in [-0.05, 0) is 63.3 Å². The van der Waals surface area contributed by atoms with E-state index in [1.807, 2.05) is 50.4 Å². The Labute approximate surface area is 203 Å². The summed E-state index contributed by atoms with van der Waals surface area (Å²) in [6.07, 6.45) is 4.99. The first-order valence-electron chi connectivity index (χ1n) is 11.5. The number of aryl methyl sites for hydroxylation is 2. The molecule has 1 aliphatic carbocycles. The Morgan fingerprint density at radius 1 is 1.03 bits per heavy atom. The Morgan fingerprint density at radius 2 is 1.79 bits per heavy atom. The normalized spacial score (nSPS) is 17.3. The van der Waals surface area contributed by atoms with Gasteiger partial charge < -0.3 is 20.8 Å². The lowest BCUT2D eigenvalue weighted by Gasteiger charge is -2.18. The van der Waals surface area contributed by atoms with Crippen LogP contribution in [0, 0.1) is 19.8 Å². The molecule has 5 rings (SSSR count). The van der Waals surface area contributed by atoms with Gasteiger partial charge in [0.2, 0.25) is 0 Å².